The van der Waals surface area contributed by atoms with Crippen molar-refractivity contribution in [3.63, 3.8) is 0 Å². The van der Waals surface area contributed by atoms with Gasteiger partial charge < -0.3 is 0 Å². The second-order valence-corrected chi connectivity index (χ2v) is 3.37. The van der Waals surface area contributed by atoms with Gasteiger partial charge in [0.15, 0.2) is 0 Å². The predicted molar refractivity (Wildman–Crippen MR) is 25.2 cm³/mol. The summed E-state index contributed by atoms with van der Waals surface area (Å²) in [5, 5.41) is 0. The van der Waals surface area contributed by atoms with E-state index in [0.29, 0.717) is 0 Å². The van der Waals surface area contributed by atoms with Gasteiger partial charge in [-0.2, -0.15) is 13.2 Å². The third kappa shape index (κ3) is 1.85. The molecule has 6 heteroatoms. The number of halogens is 3. The van der Waals surface area contributed by atoms with E-state index in [9.17, 15) is 21.6 Å². The molecule has 0 aromatic carbocycles. The average molecular weight is 161 g/mol. The maximum atomic E-state index is 11.2. The third-order valence-corrected chi connectivity index (χ3v) is 1.86. The molecule has 0 aromatic heterocycles. The largest absolute Gasteiger partial charge is 0.497 e. The summed E-state index contributed by atoms with van der Waals surface area (Å²) >= 11 is 0. The fourth-order valence-corrected chi connectivity index (χ4v) is 0.347. The zero-order valence-corrected chi connectivity index (χ0v) is 5.09. The summed E-state index contributed by atoms with van der Waals surface area (Å²) in [6, 6.07) is 0. The molecule has 0 spiro atoms. The van der Waals surface area contributed by atoms with E-state index >= 15 is 0 Å². The van der Waals surface area contributed by atoms with Gasteiger partial charge in [0, 0.05) is 0 Å². The van der Waals surface area contributed by atoms with Crippen LogP contribution in [0.2, 0.25) is 0 Å². The minimum absolute atomic E-state index is 1.14. The first-order chi connectivity index (χ1) is 3.81. The molecule has 0 aliphatic rings. The van der Waals surface area contributed by atoms with Crippen LogP contribution < -0.4 is 0 Å². The maximum absolute atomic E-state index is 11.2. The highest BCUT2D eigenvalue weighted by Crippen LogP contribution is 2.22. The molecular formula is C3H4F3O2S. The average Bonchev–Trinajstić information content (AvgIpc) is 1.64. The van der Waals surface area contributed by atoms with E-state index in [1.54, 1.807) is 0 Å². The minimum atomic E-state index is -5.14. The Bertz CT molecular complexity index is 178. The van der Waals surface area contributed by atoms with Crippen molar-refractivity contribution in [2.45, 2.75) is 5.51 Å². The molecule has 0 amide bonds. The monoisotopic (exact) mass is 161 g/mol. The molecule has 0 bridgehead atoms. The van der Waals surface area contributed by atoms with E-state index in [1.165, 1.54) is 0 Å². The smallest absolute Gasteiger partial charge is 0.220 e. The van der Waals surface area contributed by atoms with Crippen LogP contribution in [0.1, 0.15) is 0 Å². The Hall–Kier alpha value is -0.260. The standard InChI is InChI=1S/C3H4F3O2S/c1-2-9(7,8)3(4,5)6/h1-2H2. The molecule has 0 aliphatic heterocycles. The van der Waals surface area contributed by atoms with E-state index in [-0.39, 0.29) is 0 Å². The van der Waals surface area contributed by atoms with Gasteiger partial charge in [-0.05, 0) is 6.92 Å². The third-order valence-electron chi connectivity index (χ3n) is 0.621. The first-order valence-electron chi connectivity index (χ1n) is 1.89. The number of alkyl halides is 3. The molecule has 1 radical (unpaired) electrons. The van der Waals surface area contributed by atoms with E-state index in [1.807, 2.05) is 0 Å². The number of hydrogen-bond acceptors (Lipinski definition) is 2. The zero-order valence-electron chi connectivity index (χ0n) is 4.27. The van der Waals surface area contributed by atoms with Crippen molar-refractivity contribution >= 4 is 9.84 Å². The molecule has 0 N–H and O–H groups in total. The summed E-state index contributed by atoms with van der Waals surface area (Å²) in [4.78, 5) is 0. The van der Waals surface area contributed by atoms with Crippen LogP contribution in [0.25, 0.3) is 0 Å². The fourth-order valence-electron chi connectivity index (χ4n) is 0.116. The van der Waals surface area contributed by atoms with E-state index in [0.717, 1.165) is 0 Å². The van der Waals surface area contributed by atoms with Crippen LogP contribution in [0.5, 0.6) is 0 Å². The summed E-state index contributed by atoms with van der Waals surface area (Å²) in [5.74, 6) is -1.14. The summed E-state index contributed by atoms with van der Waals surface area (Å²) in [7, 11) is -4.95. The molecule has 2 nitrogen and oxygen atoms in total. The Morgan fingerprint density at radius 1 is 1.33 bits per heavy atom. The molecule has 0 heterocycles. The molecule has 0 saturated carbocycles. The van der Waals surface area contributed by atoms with E-state index in [4.69, 9.17) is 0 Å². The summed E-state index contributed by atoms with van der Waals surface area (Å²) in [5.41, 5.74) is -5.14. The lowest BCUT2D eigenvalue weighted by Gasteiger charge is -2.02. The highest BCUT2D eigenvalue weighted by atomic mass is 32.2. The number of rotatable bonds is 1. The first-order valence-corrected chi connectivity index (χ1v) is 3.55. The molecule has 9 heavy (non-hydrogen) atoms. The van der Waals surface area contributed by atoms with E-state index in [2.05, 4.69) is 6.92 Å². The molecule has 0 atom stereocenters. The predicted octanol–water partition coefficient (Wildman–Crippen LogP) is 0.755. The van der Waals surface area contributed by atoms with Crippen molar-refractivity contribution < 1.29 is 21.6 Å². The van der Waals surface area contributed by atoms with Gasteiger partial charge in [-0.1, -0.05) is 0 Å². The van der Waals surface area contributed by atoms with Crippen molar-refractivity contribution in [2.24, 2.45) is 0 Å². The van der Waals surface area contributed by atoms with Crippen LogP contribution in [0.15, 0.2) is 0 Å². The normalized spacial score (nSPS) is 13.8. The van der Waals surface area contributed by atoms with Crippen molar-refractivity contribution in [3.8, 4) is 0 Å². The molecule has 0 aromatic rings. The first kappa shape index (κ1) is 8.74. The lowest BCUT2D eigenvalue weighted by molar-refractivity contribution is -0.0432. The van der Waals surface area contributed by atoms with Gasteiger partial charge in [-0.15, -0.1) is 0 Å². The van der Waals surface area contributed by atoms with Gasteiger partial charge in [-0.25, -0.2) is 8.42 Å². The van der Waals surface area contributed by atoms with Crippen LogP contribution in [0.4, 0.5) is 13.2 Å². The zero-order chi connectivity index (χ0) is 7.71. The maximum Gasteiger partial charge on any atom is 0.497 e. The molecule has 0 rings (SSSR count). The van der Waals surface area contributed by atoms with Crippen molar-refractivity contribution in [2.75, 3.05) is 5.75 Å². The molecule has 0 fully saturated rings. The van der Waals surface area contributed by atoms with Crippen LogP contribution in [0, 0.1) is 6.92 Å². The number of sulfone groups is 1. The molecule has 55 valence electrons. The van der Waals surface area contributed by atoms with Crippen molar-refractivity contribution in [1.82, 2.24) is 0 Å². The molecule has 0 unspecified atom stereocenters. The Labute approximate surface area is 50.6 Å². The Balaban J connectivity index is 4.57. The van der Waals surface area contributed by atoms with Crippen LogP contribution in [-0.4, -0.2) is 19.7 Å². The van der Waals surface area contributed by atoms with Crippen LogP contribution >= 0.6 is 0 Å². The summed E-state index contributed by atoms with van der Waals surface area (Å²) in [6.45, 7) is 2.62. The topological polar surface area (TPSA) is 34.1 Å². The second kappa shape index (κ2) is 2.17. The highest BCUT2D eigenvalue weighted by Gasteiger charge is 2.43. The lowest BCUT2D eigenvalue weighted by Crippen LogP contribution is -2.24. The van der Waals surface area contributed by atoms with E-state index < -0.39 is 21.1 Å². The van der Waals surface area contributed by atoms with Gasteiger partial charge in [0.25, 0.3) is 0 Å². The summed E-state index contributed by atoms with van der Waals surface area (Å²) < 4.78 is 53.3. The van der Waals surface area contributed by atoms with Gasteiger partial charge in [0.1, 0.15) is 0 Å². The fraction of sp³-hybridized carbons (Fsp3) is 0.667. The van der Waals surface area contributed by atoms with Crippen LogP contribution in [-0.2, 0) is 9.84 Å². The Morgan fingerprint density at radius 3 is 1.67 bits per heavy atom. The highest BCUT2D eigenvalue weighted by molar-refractivity contribution is 7.92. The molecule has 0 saturated heterocycles. The second-order valence-electron chi connectivity index (χ2n) is 1.26. The minimum Gasteiger partial charge on any atom is -0.220 e. The quantitative estimate of drug-likeness (QED) is 0.568. The Kier molecular flexibility index (Phi) is 2.10. The van der Waals surface area contributed by atoms with Crippen molar-refractivity contribution in [3.05, 3.63) is 6.92 Å². The van der Waals surface area contributed by atoms with Gasteiger partial charge in [0.2, 0.25) is 9.84 Å². The molecule has 0 aliphatic carbocycles. The van der Waals surface area contributed by atoms with Crippen molar-refractivity contribution in [1.29, 1.82) is 0 Å². The Morgan fingerprint density at radius 2 is 1.67 bits per heavy atom. The SMILES string of the molecule is [CH2]CS(=O)(=O)C(F)(F)F. The van der Waals surface area contributed by atoms with Crippen LogP contribution in [0.3, 0.4) is 0 Å². The lowest BCUT2D eigenvalue weighted by atomic mass is 11.0. The summed E-state index contributed by atoms with van der Waals surface area (Å²) in [6.07, 6.45) is 0. The van der Waals surface area contributed by atoms with Gasteiger partial charge >= 0.3 is 5.51 Å². The van der Waals surface area contributed by atoms with Gasteiger partial charge in [-0.3, -0.25) is 0 Å². The molecular weight excluding hydrogens is 157 g/mol. The number of hydrogen-bond donors (Lipinski definition) is 0. The van der Waals surface area contributed by atoms with Gasteiger partial charge in [0.05, 0.1) is 5.75 Å².